The standard InChI is InChI=1S/C42H36P2/c1-7-19-35(20-8-1)43(36-21-9-2-10-22-36,37-23-11-3-12-24-37)41-31-33-42(34-32-41)44(38-25-13-4-14-26-38,39-27-15-5-16-28-39)40-29-17-6-18-30-40/h1-34,43-44H. The van der Waals surface area contributed by atoms with Crippen LogP contribution in [0.4, 0.5) is 0 Å². The maximum absolute atomic E-state index is 2.60. The molecule has 0 unspecified atom stereocenters. The van der Waals surface area contributed by atoms with E-state index in [9.17, 15) is 0 Å². The Morgan fingerprint density at radius 2 is 0.295 bits per heavy atom. The first-order chi connectivity index (χ1) is 21.8. The zero-order valence-corrected chi connectivity index (χ0v) is 26.6. The third kappa shape index (κ3) is 4.82. The Morgan fingerprint density at radius 1 is 0.159 bits per heavy atom. The van der Waals surface area contributed by atoms with Gasteiger partial charge in [0, 0.05) is 0 Å². The molecule has 0 saturated carbocycles. The average Bonchev–Trinajstić information content (AvgIpc) is 3.12. The molecule has 2 heteroatoms. The van der Waals surface area contributed by atoms with Crippen LogP contribution in [0.2, 0.25) is 0 Å². The van der Waals surface area contributed by atoms with Crippen LogP contribution < -0.4 is 42.4 Å². The third-order valence-corrected chi connectivity index (χ3v) is 18.6. The monoisotopic (exact) mass is 602 g/mol. The van der Waals surface area contributed by atoms with Crippen LogP contribution in [0.3, 0.4) is 0 Å². The predicted molar refractivity (Wildman–Crippen MR) is 199 cm³/mol. The van der Waals surface area contributed by atoms with Gasteiger partial charge in [0.2, 0.25) is 0 Å². The van der Waals surface area contributed by atoms with Crippen molar-refractivity contribution in [2.75, 3.05) is 0 Å². The van der Waals surface area contributed by atoms with E-state index in [4.69, 9.17) is 0 Å². The molecule has 0 nitrogen and oxygen atoms in total. The molecule has 0 saturated heterocycles. The third-order valence-electron chi connectivity index (χ3n) is 8.99. The van der Waals surface area contributed by atoms with Crippen LogP contribution >= 0.6 is 14.5 Å². The summed E-state index contributed by atoms with van der Waals surface area (Å²) >= 11 is 0. The molecule has 0 radical (unpaired) electrons. The van der Waals surface area contributed by atoms with Gasteiger partial charge >= 0.3 is 263 Å². The van der Waals surface area contributed by atoms with Gasteiger partial charge in [0.25, 0.3) is 0 Å². The first-order valence-electron chi connectivity index (χ1n) is 15.3. The van der Waals surface area contributed by atoms with Crippen LogP contribution in [0.1, 0.15) is 0 Å². The Bertz CT molecular complexity index is 1570. The summed E-state index contributed by atoms with van der Waals surface area (Å²) < 4.78 is 0. The van der Waals surface area contributed by atoms with Gasteiger partial charge in [-0.2, -0.15) is 0 Å². The molecule has 0 fully saturated rings. The zero-order valence-electron chi connectivity index (χ0n) is 24.6. The van der Waals surface area contributed by atoms with E-state index in [1.54, 1.807) is 0 Å². The van der Waals surface area contributed by atoms with Gasteiger partial charge < -0.3 is 0 Å². The molecule has 0 aliphatic carbocycles. The molecule has 0 aromatic heterocycles. The van der Waals surface area contributed by atoms with Gasteiger partial charge in [0.1, 0.15) is 0 Å². The Hall–Kier alpha value is -4.60. The van der Waals surface area contributed by atoms with Gasteiger partial charge in [-0.3, -0.25) is 0 Å². The van der Waals surface area contributed by atoms with Crippen LogP contribution in [0.25, 0.3) is 0 Å². The van der Waals surface area contributed by atoms with Crippen molar-refractivity contribution in [3.63, 3.8) is 0 Å². The summed E-state index contributed by atoms with van der Waals surface area (Å²) in [6.45, 7) is 0. The molecule has 7 aromatic carbocycles. The molecule has 44 heavy (non-hydrogen) atoms. The van der Waals surface area contributed by atoms with E-state index in [0.717, 1.165) is 0 Å². The summed E-state index contributed by atoms with van der Waals surface area (Å²) in [5.74, 6) is 0. The molecule has 214 valence electrons. The van der Waals surface area contributed by atoms with Crippen molar-refractivity contribution < 1.29 is 0 Å². The number of benzene rings is 7. The van der Waals surface area contributed by atoms with Crippen molar-refractivity contribution in [1.82, 2.24) is 0 Å². The molecule has 0 N–H and O–H groups in total. The molecule has 0 atom stereocenters. The Morgan fingerprint density at radius 3 is 0.455 bits per heavy atom. The fraction of sp³-hybridized carbons (Fsp3) is 0. The summed E-state index contributed by atoms with van der Waals surface area (Å²) in [6.07, 6.45) is 0. The second-order valence-corrected chi connectivity index (χ2v) is 18.9. The van der Waals surface area contributed by atoms with Crippen LogP contribution in [0.5, 0.6) is 0 Å². The SMILES string of the molecule is c1ccc([PH](c2ccccc2)(c2ccccc2)c2ccc([PH](c3ccccc3)(c3ccccc3)c3ccccc3)cc2)cc1. The molecule has 7 aromatic rings. The van der Waals surface area contributed by atoms with E-state index in [0.29, 0.717) is 0 Å². The van der Waals surface area contributed by atoms with Crippen molar-refractivity contribution in [2.24, 2.45) is 0 Å². The van der Waals surface area contributed by atoms with Crippen LogP contribution in [-0.2, 0) is 0 Å². The van der Waals surface area contributed by atoms with Crippen LogP contribution in [0.15, 0.2) is 206 Å². The van der Waals surface area contributed by atoms with Gasteiger partial charge in [-0.15, -0.1) is 0 Å². The average molecular weight is 603 g/mol. The summed E-state index contributed by atoms with van der Waals surface area (Å²) in [4.78, 5) is 0. The molecular weight excluding hydrogens is 566 g/mol. The van der Waals surface area contributed by atoms with Gasteiger partial charge in [0.05, 0.1) is 0 Å². The molecule has 0 heterocycles. The fourth-order valence-electron chi connectivity index (χ4n) is 7.10. The summed E-state index contributed by atoms with van der Waals surface area (Å²) in [5, 5.41) is 11.1. The number of hydrogen-bond donors (Lipinski definition) is 0. The first-order valence-corrected chi connectivity index (χ1v) is 19.3. The first kappa shape index (κ1) is 28.2. The fourth-order valence-corrected chi connectivity index (χ4v) is 16.6. The predicted octanol–water partition coefficient (Wildman–Crippen LogP) is 6.39. The van der Waals surface area contributed by atoms with E-state index >= 15 is 0 Å². The molecule has 0 spiro atoms. The van der Waals surface area contributed by atoms with E-state index in [-0.39, 0.29) is 0 Å². The zero-order chi connectivity index (χ0) is 29.7. The molecule has 0 aliphatic heterocycles. The maximum atomic E-state index is 2.45. The summed E-state index contributed by atoms with van der Waals surface area (Å²) in [6, 6.07) is 76.8. The Kier molecular flexibility index (Phi) is 8.04. The van der Waals surface area contributed by atoms with Gasteiger partial charge in [-0.05, 0) is 0 Å². The van der Waals surface area contributed by atoms with Crippen molar-refractivity contribution in [1.29, 1.82) is 0 Å². The van der Waals surface area contributed by atoms with Crippen molar-refractivity contribution in [2.45, 2.75) is 0 Å². The summed E-state index contributed by atoms with van der Waals surface area (Å²) in [5.41, 5.74) is 0. The quantitative estimate of drug-likeness (QED) is 0.177. The van der Waals surface area contributed by atoms with E-state index < -0.39 is 14.5 Å². The second kappa shape index (κ2) is 12.6. The van der Waals surface area contributed by atoms with E-state index in [1.165, 1.54) is 42.4 Å². The Labute approximate surface area is 262 Å². The van der Waals surface area contributed by atoms with Crippen LogP contribution in [0, 0.1) is 0 Å². The van der Waals surface area contributed by atoms with Crippen molar-refractivity contribution >= 4 is 57.0 Å². The van der Waals surface area contributed by atoms with Gasteiger partial charge in [-0.25, -0.2) is 0 Å². The second-order valence-electron chi connectivity index (χ2n) is 11.3. The van der Waals surface area contributed by atoms with Gasteiger partial charge in [0.15, 0.2) is 0 Å². The molecule has 7 rings (SSSR count). The van der Waals surface area contributed by atoms with Gasteiger partial charge in [-0.1, -0.05) is 0 Å². The molecule has 0 aliphatic rings. The molecular formula is C42H36P2. The molecule has 0 bridgehead atoms. The molecule has 0 amide bonds. The topological polar surface area (TPSA) is 0 Å². The summed E-state index contributed by atoms with van der Waals surface area (Å²) in [7, 11) is -5.21. The van der Waals surface area contributed by atoms with Crippen LogP contribution in [-0.4, -0.2) is 0 Å². The minimum atomic E-state index is -2.60. The van der Waals surface area contributed by atoms with Crippen molar-refractivity contribution in [3.8, 4) is 0 Å². The van der Waals surface area contributed by atoms with E-state index in [2.05, 4.69) is 206 Å². The normalized spacial score (nSPS) is 12.4. The van der Waals surface area contributed by atoms with E-state index in [1.807, 2.05) is 0 Å². The minimum absolute atomic E-state index is 1.39. The Balaban J connectivity index is 1.52. The number of rotatable bonds is 8. The number of hydrogen-bond acceptors (Lipinski definition) is 0. The van der Waals surface area contributed by atoms with Crippen molar-refractivity contribution in [3.05, 3.63) is 206 Å².